The number of nitrogens with two attached hydrogens (primary N) is 1. The number of carbonyl (C=O) groups excluding carboxylic acids is 1. The summed E-state index contributed by atoms with van der Waals surface area (Å²) in [7, 11) is -2.38. The summed E-state index contributed by atoms with van der Waals surface area (Å²) in [5, 5.41) is 0. The largest absolute Gasteiger partial charge is 0.497 e. The number of rotatable bonds is 6. The highest BCUT2D eigenvalue weighted by molar-refractivity contribution is 7.90. The molecule has 0 aliphatic carbocycles. The van der Waals surface area contributed by atoms with Gasteiger partial charge in [0.15, 0.2) is 0 Å². The van der Waals surface area contributed by atoms with Gasteiger partial charge in [-0.1, -0.05) is 0 Å². The van der Waals surface area contributed by atoms with Crippen LogP contribution in [0.5, 0.6) is 5.75 Å². The van der Waals surface area contributed by atoms with Crippen molar-refractivity contribution in [1.29, 1.82) is 0 Å². The van der Waals surface area contributed by atoms with Crippen LogP contribution in [0.4, 0.5) is 4.79 Å². The molecule has 0 radical (unpaired) electrons. The first-order chi connectivity index (χ1) is 10.4. The zero-order valence-electron chi connectivity index (χ0n) is 12.1. The van der Waals surface area contributed by atoms with E-state index in [4.69, 9.17) is 15.2 Å². The fourth-order valence-electron chi connectivity index (χ4n) is 1.88. The molecule has 1 fully saturated rings. The summed E-state index contributed by atoms with van der Waals surface area (Å²) in [4.78, 5) is 12.7. The van der Waals surface area contributed by atoms with Gasteiger partial charge in [0.05, 0.1) is 18.6 Å². The minimum absolute atomic E-state index is 0.0248. The van der Waals surface area contributed by atoms with Gasteiger partial charge < -0.3 is 20.1 Å². The summed E-state index contributed by atoms with van der Waals surface area (Å²) in [5.41, 5.74) is 5.64. The Bertz CT molecular complexity index is 669. The van der Waals surface area contributed by atoms with Crippen molar-refractivity contribution in [1.82, 2.24) is 4.90 Å². The van der Waals surface area contributed by atoms with Crippen molar-refractivity contribution in [2.75, 3.05) is 26.8 Å². The molecule has 1 heterocycles. The van der Waals surface area contributed by atoms with Gasteiger partial charge in [-0.2, -0.15) is 8.42 Å². The third kappa shape index (κ3) is 3.88. The summed E-state index contributed by atoms with van der Waals surface area (Å²) in [6.07, 6.45) is -0.268. The molecule has 0 spiro atoms. The van der Waals surface area contributed by atoms with E-state index in [1.807, 2.05) is 0 Å². The lowest BCUT2D eigenvalue weighted by atomic mass is 10.3. The number of benzene rings is 1. The number of hydrogen-bond acceptors (Lipinski definition) is 5. The second-order valence-electron chi connectivity index (χ2n) is 4.58. The molecular formula is C13H17N3O5S. The van der Waals surface area contributed by atoms with Crippen LogP contribution in [-0.4, -0.2) is 52.1 Å². The van der Waals surface area contributed by atoms with Gasteiger partial charge in [0.25, 0.3) is 10.0 Å². The fraction of sp³-hybridized carbons (Fsp3) is 0.385. The lowest BCUT2D eigenvalue weighted by Gasteiger charge is -2.11. The molecule has 120 valence electrons. The highest BCUT2D eigenvalue weighted by Crippen LogP contribution is 2.17. The first-order valence-corrected chi connectivity index (χ1v) is 8.01. The molecule has 1 aromatic carbocycles. The zero-order valence-corrected chi connectivity index (χ0v) is 12.9. The molecule has 8 nitrogen and oxygen atoms in total. The molecule has 22 heavy (non-hydrogen) atoms. The zero-order chi connectivity index (χ0) is 16.2. The SMILES string of the molecule is COc1ccc(S(=O)(=O)N=C(N)CCN2CCOC2=O)cc1. The summed E-state index contributed by atoms with van der Waals surface area (Å²) in [5.74, 6) is 0.485. The molecule has 1 aliphatic heterocycles. The minimum Gasteiger partial charge on any atom is -0.497 e. The van der Waals surface area contributed by atoms with Gasteiger partial charge in [0.1, 0.15) is 18.2 Å². The van der Waals surface area contributed by atoms with Crippen molar-refractivity contribution < 1.29 is 22.7 Å². The van der Waals surface area contributed by atoms with Crippen LogP contribution in [0.25, 0.3) is 0 Å². The number of sulfonamides is 1. The molecule has 1 saturated heterocycles. The van der Waals surface area contributed by atoms with Crippen LogP contribution in [-0.2, 0) is 14.8 Å². The van der Waals surface area contributed by atoms with Gasteiger partial charge in [0, 0.05) is 13.0 Å². The Morgan fingerprint density at radius 3 is 2.64 bits per heavy atom. The average molecular weight is 327 g/mol. The molecule has 9 heteroatoms. The number of amides is 1. The Hall–Kier alpha value is -2.29. The van der Waals surface area contributed by atoms with E-state index >= 15 is 0 Å². The van der Waals surface area contributed by atoms with Crippen molar-refractivity contribution in [3.8, 4) is 5.75 Å². The first-order valence-electron chi connectivity index (χ1n) is 6.57. The standard InChI is InChI=1S/C13H17N3O5S/c1-20-10-2-4-11(5-3-10)22(18,19)15-12(14)6-7-16-8-9-21-13(16)17/h2-5H,6-9H2,1H3,(H2,14,15). The maximum atomic E-state index is 12.1. The van der Waals surface area contributed by atoms with E-state index in [0.717, 1.165) is 0 Å². The van der Waals surface area contributed by atoms with Crippen molar-refractivity contribution in [2.45, 2.75) is 11.3 Å². The van der Waals surface area contributed by atoms with E-state index in [1.165, 1.54) is 36.3 Å². The minimum atomic E-state index is -3.87. The second kappa shape index (κ2) is 6.65. The van der Waals surface area contributed by atoms with Gasteiger partial charge in [-0.05, 0) is 24.3 Å². The maximum absolute atomic E-state index is 12.1. The molecule has 0 bridgehead atoms. The highest BCUT2D eigenvalue weighted by Gasteiger charge is 2.22. The molecule has 1 aliphatic rings. The average Bonchev–Trinajstić information content (AvgIpc) is 2.90. The Labute approximate surface area is 128 Å². The van der Waals surface area contributed by atoms with E-state index in [2.05, 4.69) is 4.40 Å². The number of amidine groups is 1. The van der Waals surface area contributed by atoms with Crippen molar-refractivity contribution in [2.24, 2.45) is 10.1 Å². The lowest BCUT2D eigenvalue weighted by Crippen LogP contribution is -2.29. The lowest BCUT2D eigenvalue weighted by molar-refractivity contribution is 0.159. The highest BCUT2D eigenvalue weighted by atomic mass is 32.2. The molecular weight excluding hydrogens is 310 g/mol. The summed E-state index contributed by atoms with van der Waals surface area (Å²) in [6, 6.07) is 5.84. The van der Waals surface area contributed by atoms with Crippen LogP contribution in [0.1, 0.15) is 6.42 Å². The van der Waals surface area contributed by atoms with Crippen LogP contribution in [0.2, 0.25) is 0 Å². The third-order valence-electron chi connectivity index (χ3n) is 3.08. The molecule has 0 saturated carbocycles. The van der Waals surface area contributed by atoms with Gasteiger partial charge in [-0.25, -0.2) is 4.79 Å². The third-order valence-corrected chi connectivity index (χ3v) is 4.42. The quantitative estimate of drug-likeness (QED) is 0.604. The van der Waals surface area contributed by atoms with Gasteiger partial charge in [-0.3, -0.25) is 0 Å². The van der Waals surface area contributed by atoms with Crippen molar-refractivity contribution in [3.05, 3.63) is 24.3 Å². The molecule has 0 aromatic heterocycles. The second-order valence-corrected chi connectivity index (χ2v) is 6.19. The van der Waals surface area contributed by atoms with Gasteiger partial charge >= 0.3 is 6.09 Å². The smallest absolute Gasteiger partial charge is 0.409 e. The van der Waals surface area contributed by atoms with Crippen LogP contribution in [0, 0.1) is 0 Å². The number of ether oxygens (including phenoxy) is 2. The number of methoxy groups -OCH3 is 1. The molecule has 2 rings (SSSR count). The molecule has 0 unspecified atom stereocenters. The van der Waals surface area contributed by atoms with Crippen LogP contribution in [0.3, 0.4) is 0 Å². The first kappa shape index (κ1) is 16.1. The van der Waals surface area contributed by atoms with E-state index in [-0.39, 0.29) is 23.7 Å². The normalized spacial score (nSPS) is 15.8. The Morgan fingerprint density at radius 2 is 2.09 bits per heavy atom. The molecule has 2 N–H and O–H groups in total. The van der Waals surface area contributed by atoms with Crippen LogP contribution < -0.4 is 10.5 Å². The molecule has 0 atom stereocenters. The van der Waals surface area contributed by atoms with E-state index < -0.39 is 16.1 Å². The van der Waals surface area contributed by atoms with Crippen molar-refractivity contribution >= 4 is 22.0 Å². The van der Waals surface area contributed by atoms with Crippen molar-refractivity contribution in [3.63, 3.8) is 0 Å². The summed E-state index contributed by atoms with van der Waals surface area (Å²) >= 11 is 0. The number of carbonyl (C=O) groups is 1. The van der Waals surface area contributed by atoms with E-state index in [0.29, 0.717) is 18.9 Å². The monoisotopic (exact) mass is 327 g/mol. The number of cyclic esters (lactones) is 1. The summed E-state index contributed by atoms with van der Waals surface area (Å²) in [6.45, 7) is 1.07. The Balaban J connectivity index is 2.03. The van der Waals surface area contributed by atoms with E-state index in [9.17, 15) is 13.2 Å². The number of hydrogen-bond donors (Lipinski definition) is 1. The Morgan fingerprint density at radius 1 is 1.41 bits per heavy atom. The molecule has 1 amide bonds. The summed E-state index contributed by atoms with van der Waals surface area (Å²) < 4.78 is 37.5. The predicted molar refractivity (Wildman–Crippen MR) is 79.3 cm³/mol. The maximum Gasteiger partial charge on any atom is 0.409 e. The van der Waals surface area contributed by atoms with E-state index in [1.54, 1.807) is 0 Å². The number of nitrogens with zero attached hydrogens (tertiary/aromatic N) is 2. The Kier molecular flexibility index (Phi) is 4.86. The van der Waals surface area contributed by atoms with Gasteiger partial charge in [0.2, 0.25) is 0 Å². The molecule has 1 aromatic rings. The van der Waals surface area contributed by atoms with Gasteiger partial charge in [-0.15, -0.1) is 4.40 Å². The topological polar surface area (TPSA) is 111 Å². The van der Waals surface area contributed by atoms with Crippen LogP contribution >= 0.6 is 0 Å². The predicted octanol–water partition coefficient (Wildman–Crippen LogP) is 0.583. The fourth-order valence-corrected chi connectivity index (χ4v) is 2.86. The van der Waals surface area contributed by atoms with Crippen LogP contribution in [0.15, 0.2) is 33.6 Å².